The van der Waals surface area contributed by atoms with Gasteiger partial charge in [-0.05, 0) is 28.1 Å². The number of para-hydroxylation sites is 1. The molecule has 0 saturated carbocycles. The fourth-order valence-corrected chi connectivity index (χ4v) is 2.06. The maximum absolute atomic E-state index is 10.6. The van der Waals surface area contributed by atoms with Crippen LogP contribution in [0.1, 0.15) is 12.8 Å². The lowest BCUT2D eigenvalue weighted by molar-refractivity contribution is -0.137. The minimum atomic E-state index is -0.901. The molecule has 0 fully saturated rings. The summed E-state index contributed by atoms with van der Waals surface area (Å²) in [5, 5.41) is 17.4. The quantitative estimate of drug-likeness (QED) is 0.806. The van der Waals surface area contributed by atoms with Crippen LogP contribution in [0.3, 0.4) is 0 Å². The lowest BCUT2D eigenvalue weighted by Gasteiger charge is -2.24. The number of carboxylic acids is 2. The fraction of sp³-hybridized carbons (Fsp3) is 0.333. The van der Waals surface area contributed by atoms with Gasteiger partial charge in [0.2, 0.25) is 0 Å². The molecule has 1 rings (SSSR count). The van der Waals surface area contributed by atoms with E-state index in [4.69, 9.17) is 10.2 Å². The smallest absolute Gasteiger partial charge is 0.305 e. The van der Waals surface area contributed by atoms with Crippen molar-refractivity contribution in [1.29, 1.82) is 0 Å². The molecule has 0 aliphatic carbocycles. The molecule has 0 aromatic heterocycles. The number of nitrogens with zero attached hydrogens (tertiary/aromatic N) is 1. The molecule has 98 valence electrons. The van der Waals surface area contributed by atoms with Gasteiger partial charge in [0.05, 0.1) is 18.5 Å². The van der Waals surface area contributed by atoms with Gasteiger partial charge in [-0.3, -0.25) is 9.59 Å². The van der Waals surface area contributed by atoms with Gasteiger partial charge < -0.3 is 15.1 Å². The number of hydrogen-bond donors (Lipinski definition) is 2. The Kier molecular flexibility index (Phi) is 5.64. The summed E-state index contributed by atoms with van der Waals surface area (Å²) >= 11 is 3.37. The van der Waals surface area contributed by atoms with Gasteiger partial charge >= 0.3 is 11.9 Å². The number of aliphatic carboxylic acids is 2. The number of carboxylic acid groups (broad SMARTS) is 2. The molecule has 0 radical (unpaired) electrons. The Hall–Kier alpha value is -1.56. The molecule has 18 heavy (non-hydrogen) atoms. The third-order valence-electron chi connectivity index (χ3n) is 2.38. The summed E-state index contributed by atoms with van der Waals surface area (Å²) in [4.78, 5) is 23.0. The lowest BCUT2D eigenvalue weighted by atomic mass is 10.2. The topological polar surface area (TPSA) is 77.8 Å². The lowest BCUT2D eigenvalue weighted by Crippen LogP contribution is -2.29. The Morgan fingerprint density at radius 3 is 2.00 bits per heavy atom. The van der Waals surface area contributed by atoms with E-state index in [-0.39, 0.29) is 25.9 Å². The average molecular weight is 316 g/mol. The van der Waals surface area contributed by atoms with E-state index in [0.29, 0.717) is 0 Å². The van der Waals surface area contributed by atoms with Crippen molar-refractivity contribution in [2.45, 2.75) is 12.8 Å². The molecule has 6 heteroatoms. The SMILES string of the molecule is O=C(O)CCN(CCC(=O)O)c1ccccc1Br. The van der Waals surface area contributed by atoms with Crippen LogP contribution in [0.25, 0.3) is 0 Å². The van der Waals surface area contributed by atoms with E-state index in [1.165, 1.54) is 0 Å². The summed E-state index contributed by atoms with van der Waals surface area (Å²) in [6.07, 6.45) is -0.0537. The Balaban J connectivity index is 2.79. The van der Waals surface area contributed by atoms with Crippen LogP contribution in [0, 0.1) is 0 Å². The maximum Gasteiger partial charge on any atom is 0.305 e. The Morgan fingerprint density at radius 1 is 1.06 bits per heavy atom. The van der Waals surface area contributed by atoms with Crippen LogP contribution in [0.2, 0.25) is 0 Å². The molecule has 0 aliphatic rings. The molecule has 2 N–H and O–H groups in total. The minimum Gasteiger partial charge on any atom is -0.481 e. The van der Waals surface area contributed by atoms with Gasteiger partial charge in [0.25, 0.3) is 0 Å². The second-order valence-electron chi connectivity index (χ2n) is 3.73. The van der Waals surface area contributed by atoms with Crippen molar-refractivity contribution in [1.82, 2.24) is 0 Å². The van der Waals surface area contributed by atoms with E-state index in [0.717, 1.165) is 10.2 Å². The molecule has 0 saturated heterocycles. The van der Waals surface area contributed by atoms with Crippen molar-refractivity contribution in [3.63, 3.8) is 0 Å². The first-order valence-corrected chi connectivity index (χ1v) is 6.23. The van der Waals surface area contributed by atoms with Crippen LogP contribution in [-0.2, 0) is 9.59 Å². The van der Waals surface area contributed by atoms with Gasteiger partial charge in [-0.15, -0.1) is 0 Å². The summed E-state index contributed by atoms with van der Waals surface area (Å²) in [7, 11) is 0. The Labute approximate surface area is 113 Å². The molecule has 0 unspecified atom stereocenters. The van der Waals surface area contributed by atoms with Gasteiger partial charge in [0, 0.05) is 17.6 Å². The summed E-state index contributed by atoms with van der Waals surface area (Å²) in [6.45, 7) is 0.566. The van der Waals surface area contributed by atoms with E-state index < -0.39 is 11.9 Å². The molecule has 1 aromatic rings. The van der Waals surface area contributed by atoms with Crippen LogP contribution >= 0.6 is 15.9 Å². The molecular formula is C12H14BrNO4. The molecule has 0 spiro atoms. The summed E-state index contributed by atoms with van der Waals surface area (Å²) < 4.78 is 0.820. The first-order valence-electron chi connectivity index (χ1n) is 5.43. The van der Waals surface area contributed by atoms with E-state index in [9.17, 15) is 9.59 Å². The minimum absolute atomic E-state index is 0.0268. The summed E-state index contributed by atoms with van der Waals surface area (Å²) in [6, 6.07) is 7.34. The van der Waals surface area contributed by atoms with Crippen LogP contribution in [0.5, 0.6) is 0 Å². The number of carbonyl (C=O) groups is 2. The zero-order valence-corrected chi connectivity index (χ0v) is 11.3. The largest absolute Gasteiger partial charge is 0.481 e. The fourth-order valence-electron chi connectivity index (χ4n) is 1.52. The van der Waals surface area contributed by atoms with Gasteiger partial charge in [0.1, 0.15) is 0 Å². The van der Waals surface area contributed by atoms with Crippen molar-refractivity contribution in [2.24, 2.45) is 0 Å². The number of hydrogen-bond acceptors (Lipinski definition) is 3. The molecule has 1 aromatic carbocycles. The van der Waals surface area contributed by atoms with E-state index in [1.807, 2.05) is 24.3 Å². The first kappa shape index (κ1) is 14.5. The average Bonchev–Trinajstić information content (AvgIpc) is 2.30. The van der Waals surface area contributed by atoms with E-state index in [2.05, 4.69) is 15.9 Å². The highest BCUT2D eigenvalue weighted by Crippen LogP contribution is 2.26. The van der Waals surface area contributed by atoms with Gasteiger partial charge in [-0.25, -0.2) is 0 Å². The number of anilines is 1. The first-order chi connectivity index (χ1) is 8.50. The summed E-state index contributed by atoms with van der Waals surface area (Å²) in [5.74, 6) is -1.80. The molecular weight excluding hydrogens is 302 g/mol. The van der Waals surface area contributed by atoms with Crippen molar-refractivity contribution >= 4 is 33.6 Å². The second kappa shape index (κ2) is 7.00. The number of halogens is 1. The highest BCUT2D eigenvalue weighted by molar-refractivity contribution is 9.10. The number of benzene rings is 1. The van der Waals surface area contributed by atoms with E-state index in [1.54, 1.807) is 4.90 Å². The summed E-state index contributed by atoms with van der Waals surface area (Å²) in [5.41, 5.74) is 0.806. The zero-order chi connectivity index (χ0) is 13.5. The number of rotatable bonds is 7. The van der Waals surface area contributed by atoms with Gasteiger partial charge in [-0.2, -0.15) is 0 Å². The van der Waals surface area contributed by atoms with Crippen molar-refractivity contribution < 1.29 is 19.8 Å². The molecule has 5 nitrogen and oxygen atoms in total. The van der Waals surface area contributed by atoms with Crippen molar-refractivity contribution in [3.8, 4) is 0 Å². The predicted octanol–water partition coefficient (Wildman–Crippen LogP) is 2.20. The van der Waals surface area contributed by atoms with Crippen LogP contribution in [0.4, 0.5) is 5.69 Å². The molecule has 0 aliphatic heterocycles. The van der Waals surface area contributed by atoms with Crippen LogP contribution in [0.15, 0.2) is 28.7 Å². The third-order valence-corrected chi connectivity index (χ3v) is 3.05. The van der Waals surface area contributed by atoms with Crippen LogP contribution in [-0.4, -0.2) is 35.2 Å². The third kappa shape index (κ3) is 4.75. The highest BCUT2D eigenvalue weighted by atomic mass is 79.9. The normalized spacial score (nSPS) is 10.1. The highest BCUT2D eigenvalue weighted by Gasteiger charge is 2.12. The van der Waals surface area contributed by atoms with Gasteiger partial charge in [-0.1, -0.05) is 12.1 Å². The molecule has 0 heterocycles. The van der Waals surface area contributed by atoms with Crippen molar-refractivity contribution in [3.05, 3.63) is 28.7 Å². The van der Waals surface area contributed by atoms with Crippen molar-refractivity contribution in [2.75, 3.05) is 18.0 Å². The molecule has 0 bridgehead atoms. The predicted molar refractivity (Wildman–Crippen MR) is 70.9 cm³/mol. The maximum atomic E-state index is 10.6. The molecule has 0 amide bonds. The standard InChI is InChI=1S/C12H14BrNO4/c13-9-3-1-2-4-10(9)14(7-5-11(15)16)8-6-12(17)18/h1-4H,5-8H2,(H,15,16)(H,17,18). The monoisotopic (exact) mass is 315 g/mol. The van der Waals surface area contributed by atoms with E-state index >= 15 is 0 Å². The van der Waals surface area contributed by atoms with Gasteiger partial charge in [0.15, 0.2) is 0 Å². The second-order valence-corrected chi connectivity index (χ2v) is 4.58. The Bertz CT molecular complexity index is 418. The Morgan fingerprint density at radius 2 is 1.56 bits per heavy atom. The van der Waals surface area contributed by atoms with Crippen LogP contribution < -0.4 is 4.90 Å². The zero-order valence-electron chi connectivity index (χ0n) is 9.67. The molecule has 0 atom stereocenters.